The smallest absolute Gasteiger partial charge is 0.407 e. The lowest BCUT2D eigenvalue weighted by Crippen LogP contribution is -2.63. The van der Waals surface area contributed by atoms with Gasteiger partial charge >= 0.3 is 12.1 Å². The molecular weight excluding hydrogens is 621 g/mol. The molecule has 0 aromatic heterocycles. The lowest BCUT2D eigenvalue weighted by atomic mass is 9.80. The molecule has 2 saturated heterocycles. The second-order valence-corrected chi connectivity index (χ2v) is 14.5. The van der Waals surface area contributed by atoms with E-state index >= 15 is 0 Å². The summed E-state index contributed by atoms with van der Waals surface area (Å²) in [5.41, 5.74) is 1.06. The molecule has 9 nitrogen and oxygen atoms in total. The number of halogens is 3. The molecule has 0 saturated carbocycles. The second-order valence-electron chi connectivity index (χ2n) is 11.9. The van der Waals surface area contributed by atoms with Crippen LogP contribution in [0.3, 0.4) is 0 Å². The van der Waals surface area contributed by atoms with Gasteiger partial charge in [-0.3, -0.25) is 4.79 Å². The van der Waals surface area contributed by atoms with Crippen LogP contribution in [0.5, 0.6) is 0 Å². The van der Waals surface area contributed by atoms with Gasteiger partial charge in [0, 0.05) is 18.8 Å². The summed E-state index contributed by atoms with van der Waals surface area (Å²) in [6.45, 7) is 13.9. The monoisotopic (exact) mass is 665 g/mol. The summed E-state index contributed by atoms with van der Waals surface area (Å²) in [6.07, 6.45) is -3.03. The second kappa shape index (κ2) is 16.3. The number of hydrogen-bond donors (Lipinski definition) is 1. The molecule has 4 unspecified atom stereocenters. The largest absolute Gasteiger partial charge is 0.457 e. The molecule has 1 aromatic carbocycles. The minimum atomic E-state index is -1.73. The summed E-state index contributed by atoms with van der Waals surface area (Å²) >= 11 is 17.3. The number of amides is 1. The summed E-state index contributed by atoms with van der Waals surface area (Å²) in [5, 5.41) is 2.91. The van der Waals surface area contributed by atoms with Crippen molar-refractivity contribution in [2.24, 2.45) is 23.7 Å². The van der Waals surface area contributed by atoms with Gasteiger partial charge in [-0.25, -0.2) is 4.79 Å². The third kappa shape index (κ3) is 10.3. The van der Waals surface area contributed by atoms with Crippen LogP contribution in [0.25, 0.3) is 0 Å². The molecule has 10 atom stereocenters. The Morgan fingerprint density at radius 3 is 2.23 bits per heavy atom. The summed E-state index contributed by atoms with van der Waals surface area (Å²) in [6, 6.07) is 9.44. The zero-order chi connectivity index (χ0) is 31.9. The van der Waals surface area contributed by atoms with Gasteiger partial charge in [0.15, 0.2) is 12.4 Å². The molecule has 2 fully saturated rings. The quantitative estimate of drug-likeness (QED) is 0.212. The van der Waals surface area contributed by atoms with Crippen molar-refractivity contribution in [2.45, 2.75) is 108 Å². The highest BCUT2D eigenvalue weighted by molar-refractivity contribution is 6.67. The molecule has 1 aromatic rings. The van der Waals surface area contributed by atoms with Crippen LogP contribution in [-0.2, 0) is 39.8 Å². The first kappa shape index (κ1) is 36.1. The molecule has 0 bridgehead atoms. The van der Waals surface area contributed by atoms with Crippen LogP contribution in [0.4, 0.5) is 4.79 Å². The lowest BCUT2D eigenvalue weighted by Gasteiger charge is -2.50. The molecule has 2 aliphatic heterocycles. The molecule has 2 heterocycles. The molecule has 0 radical (unpaired) electrons. The highest BCUT2D eigenvalue weighted by Crippen LogP contribution is 2.39. The van der Waals surface area contributed by atoms with E-state index in [9.17, 15) is 9.59 Å². The maximum absolute atomic E-state index is 12.7. The summed E-state index contributed by atoms with van der Waals surface area (Å²) < 4.78 is 34.9. The van der Waals surface area contributed by atoms with E-state index in [-0.39, 0.29) is 42.0 Å². The molecule has 2 aliphatic rings. The standard InChI is InChI=1S/C31H46Cl3NO8/c1-8-23-27(20(6)25(26(41-23)17(2)3)35-30(37)39-16-31(32,33)34)43-29-28(40-21(7)36)19(5)18(4)24(42-29)15-38-14-22-12-10-9-11-13-22/h9-13,17-20,23-29H,8,14-16H2,1-7H3,(H,35,37)/t18-,19+,20-,23?,24?,25?,26+,27+,28?,29+/m1/s1. The third-order valence-corrected chi connectivity index (χ3v) is 8.67. The Morgan fingerprint density at radius 1 is 0.977 bits per heavy atom. The topological polar surface area (TPSA) is 102 Å². The molecule has 1 N–H and O–H groups in total. The van der Waals surface area contributed by atoms with Gasteiger partial charge in [-0.15, -0.1) is 0 Å². The predicted octanol–water partition coefficient (Wildman–Crippen LogP) is 6.45. The van der Waals surface area contributed by atoms with E-state index in [1.807, 2.05) is 65.0 Å². The zero-order valence-corrected chi connectivity index (χ0v) is 28.2. The van der Waals surface area contributed by atoms with Crippen molar-refractivity contribution < 1.29 is 38.0 Å². The van der Waals surface area contributed by atoms with Crippen molar-refractivity contribution in [1.82, 2.24) is 5.32 Å². The molecule has 0 spiro atoms. The number of hydrogen-bond acceptors (Lipinski definition) is 8. The van der Waals surface area contributed by atoms with Crippen LogP contribution < -0.4 is 5.32 Å². The van der Waals surface area contributed by atoms with Crippen LogP contribution in [-0.4, -0.2) is 71.9 Å². The maximum Gasteiger partial charge on any atom is 0.407 e. The lowest BCUT2D eigenvalue weighted by molar-refractivity contribution is -0.318. The van der Waals surface area contributed by atoms with Gasteiger partial charge in [0.2, 0.25) is 3.79 Å². The van der Waals surface area contributed by atoms with E-state index in [0.29, 0.717) is 19.6 Å². The first-order chi connectivity index (χ1) is 20.2. The van der Waals surface area contributed by atoms with Gasteiger partial charge in [0.05, 0.1) is 43.7 Å². The average molecular weight is 667 g/mol. The van der Waals surface area contributed by atoms with Gasteiger partial charge in [-0.2, -0.15) is 0 Å². The molecule has 43 heavy (non-hydrogen) atoms. The van der Waals surface area contributed by atoms with Crippen molar-refractivity contribution >= 4 is 46.9 Å². The fourth-order valence-corrected chi connectivity index (χ4v) is 5.96. The number of carbonyl (C=O) groups excluding carboxylic acids is 2. The molecule has 244 valence electrons. The Morgan fingerprint density at radius 2 is 1.65 bits per heavy atom. The van der Waals surface area contributed by atoms with Gasteiger partial charge in [-0.05, 0) is 23.8 Å². The van der Waals surface area contributed by atoms with Crippen molar-refractivity contribution in [3.05, 3.63) is 35.9 Å². The molecule has 12 heteroatoms. The van der Waals surface area contributed by atoms with Crippen LogP contribution in [0.15, 0.2) is 30.3 Å². The number of esters is 1. The van der Waals surface area contributed by atoms with Gasteiger partial charge < -0.3 is 33.7 Å². The van der Waals surface area contributed by atoms with E-state index in [0.717, 1.165) is 5.56 Å². The van der Waals surface area contributed by atoms with Crippen LogP contribution in [0, 0.1) is 23.7 Å². The molecule has 3 rings (SSSR count). The van der Waals surface area contributed by atoms with Crippen molar-refractivity contribution in [2.75, 3.05) is 13.2 Å². The Hall–Kier alpha value is -1.33. The Kier molecular flexibility index (Phi) is 13.7. The summed E-state index contributed by atoms with van der Waals surface area (Å²) in [5.74, 6) is -0.647. The van der Waals surface area contributed by atoms with E-state index in [2.05, 4.69) is 12.2 Å². The zero-order valence-electron chi connectivity index (χ0n) is 26.0. The minimum Gasteiger partial charge on any atom is -0.457 e. The summed E-state index contributed by atoms with van der Waals surface area (Å²) in [4.78, 5) is 24.9. The molecule has 0 aliphatic carbocycles. The average Bonchev–Trinajstić information content (AvgIpc) is 2.94. The van der Waals surface area contributed by atoms with Crippen molar-refractivity contribution in [1.29, 1.82) is 0 Å². The van der Waals surface area contributed by atoms with E-state index in [1.165, 1.54) is 6.92 Å². The number of benzene rings is 1. The van der Waals surface area contributed by atoms with Gasteiger partial charge in [0.25, 0.3) is 0 Å². The minimum absolute atomic E-state index is 0.0226. The number of ether oxygens (including phenoxy) is 6. The third-order valence-electron chi connectivity index (χ3n) is 8.35. The predicted molar refractivity (Wildman–Crippen MR) is 165 cm³/mol. The van der Waals surface area contributed by atoms with E-state index < -0.39 is 47.0 Å². The van der Waals surface area contributed by atoms with Gasteiger partial charge in [0.1, 0.15) is 6.61 Å². The normalized spacial score (nSPS) is 33.2. The Labute approximate surface area is 270 Å². The highest BCUT2D eigenvalue weighted by atomic mass is 35.6. The number of alkyl halides is 3. The molecular formula is C31H46Cl3NO8. The number of rotatable bonds is 11. The molecule has 1 amide bonds. The van der Waals surface area contributed by atoms with E-state index in [1.54, 1.807) is 0 Å². The highest BCUT2D eigenvalue weighted by Gasteiger charge is 2.50. The van der Waals surface area contributed by atoms with Gasteiger partial charge in [-0.1, -0.05) is 107 Å². The number of carbonyl (C=O) groups is 2. The Bertz CT molecular complexity index is 1030. The number of nitrogens with one attached hydrogen (secondary N) is 1. The SMILES string of the molecule is CCC1O[C@@H](C(C)C)C(NC(=O)OCC(Cl)(Cl)Cl)[C@@H](C)[C@@H]1O[C@@H]1OC(COCc2ccccc2)[C@H](C)[C@H](C)C1OC(C)=O. The first-order valence-corrected chi connectivity index (χ1v) is 16.1. The van der Waals surface area contributed by atoms with Crippen LogP contribution in [0.1, 0.15) is 60.5 Å². The Balaban J connectivity index is 1.80. The number of alkyl carbamates (subject to hydrolysis) is 1. The van der Waals surface area contributed by atoms with Crippen LogP contribution >= 0.6 is 34.8 Å². The van der Waals surface area contributed by atoms with Crippen molar-refractivity contribution in [3.63, 3.8) is 0 Å². The maximum atomic E-state index is 12.7. The van der Waals surface area contributed by atoms with Crippen molar-refractivity contribution in [3.8, 4) is 0 Å². The summed E-state index contributed by atoms with van der Waals surface area (Å²) in [7, 11) is 0. The first-order valence-electron chi connectivity index (χ1n) is 15.0. The van der Waals surface area contributed by atoms with Crippen LogP contribution in [0.2, 0.25) is 0 Å². The fraction of sp³-hybridized carbons (Fsp3) is 0.742. The fourth-order valence-electron chi connectivity index (χ4n) is 5.79. The van der Waals surface area contributed by atoms with E-state index in [4.69, 9.17) is 63.2 Å².